The van der Waals surface area contributed by atoms with Crippen LogP contribution in [0.5, 0.6) is 5.88 Å². The van der Waals surface area contributed by atoms with Crippen molar-refractivity contribution < 1.29 is 9.90 Å². The van der Waals surface area contributed by atoms with Gasteiger partial charge in [-0.05, 0) is 30.7 Å². The minimum atomic E-state index is -0.928. The Balaban J connectivity index is 2.70. The first-order valence-electron chi connectivity index (χ1n) is 6.81. The average molecular weight is 352 g/mol. The van der Waals surface area contributed by atoms with Gasteiger partial charge < -0.3 is 10.8 Å². The number of halogens is 1. The van der Waals surface area contributed by atoms with Gasteiger partial charge in [0.15, 0.2) is 0 Å². The third-order valence-electron chi connectivity index (χ3n) is 3.10. The van der Waals surface area contributed by atoms with Crippen molar-refractivity contribution in [1.82, 2.24) is 15.0 Å². The number of hydrogen-bond donors (Lipinski definition) is 4. The number of nitrogens with zero attached hydrogens (tertiary/aromatic N) is 2. The topological polar surface area (TPSA) is 143 Å². The van der Waals surface area contributed by atoms with Crippen molar-refractivity contribution in [3.05, 3.63) is 55.7 Å². The molecule has 10 heteroatoms. The molecule has 0 atom stereocenters. The minimum Gasteiger partial charge on any atom is -0.493 e. The number of nitrogens with one attached hydrogen (secondary N) is 2. The highest BCUT2D eigenvalue weighted by atomic mass is 35.5. The number of amides is 2. The van der Waals surface area contributed by atoms with Crippen LogP contribution in [-0.4, -0.2) is 26.4 Å². The molecular formula is C14H14ClN5O4. The first-order chi connectivity index (χ1) is 11.3. The average Bonchev–Trinajstić information content (AvgIpc) is 2.51. The molecule has 0 bridgehead atoms. The van der Waals surface area contributed by atoms with E-state index >= 15 is 0 Å². The largest absolute Gasteiger partial charge is 0.493 e. The van der Waals surface area contributed by atoms with E-state index in [2.05, 4.69) is 10.1 Å². The summed E-state index contributed by atoms with van der Waals surface area (Å²) in [6.45, 7) is 1.65. The zero-order chi connectivity index (χ0) is 17.9. The third-order valence-corrected chi connectivity index (χ3v) is 3.35. The molecule has 126 valence electrons. The smallest absolute Gasteiger partial charge is 0.335 e. The standard InChI is InChI=1S/C14H14ClN5O4/c1-2-9(18-19-13(16)23)10-11(21)17-14(24)20(12(10)22)8-5-3-7(15)4-6-8/h3-6,22H,2H2,1H3,(H3,16,19,23)(H,17,21,24). The number of hydrazone groups is 1. The number of aromatic hydroxyl groups is 1. The van der Waals surface area contributed by atoms with Gasteiger partial charge in [0.1, 0.15) is 5.56 Å². The zero-order valence-corrected chi connectivity index (χ0v) is 13.3. The lowest BCUT2D eigenvalue weighted by Crippen LogP contribution is -2.34. The van der Waals surface area contributed by atoms with Crippen molar-refractivity contribution in [2.24, 2.45) is 10.8 Å². The molecule has 0 saturated heterocycles. The molecule has 0 aliphatic heterocycles. The van der Waals surface area contributed by atoms with E-state index in [1.54, 1.807) is 6.92 Å². The van der Waals surface area contributed by atoms with Crippen LogP contribution in [-0.2, 0) is 0 Å². The fraction of sp³-hybridized carbons (Fsp3) is 0.143. The van der Waals surface area contributed by atoms with Crippen LogP contribution in [0.25, 0.3) is 5.69 Å². The molecule has 2 aromatic rings. The van der Waals surface area contributed by atoms with Gasteiger partial charge in [-0.1, -0.05) is 18.5 Å². The number of H-pyrrole nitrogens is 1. The molecule has 9 nitrogen and oxygen atoms in total. The van der Waals surface area contributed by atoms with Crippen molar-refractivity contribution in [3.63, 3.8) is 0 Å². The number of aromatic nitrogens is 2. The van der Waals surface area contributed by atoms with Crippen LogP contribution in [0.3, 0.4) is 0 Å². The van der Waals surface area contributed by atoms with Gasteiger partial charge in [-0.3, -0.25) is 9.78 Å². The molecule has 24 heavy (non-hydrogen) atoms. The predicted octanol–water partition coefficient (Wildman–Crippen LogP) is 0.667. The number of hydrogen-bond acceptors (Lipinski definition) is 5. The number of primary amides is 1. The maximum Gasteiger partial charge on any atom is 0.335 e. The van der Waals surface area contributed by atoms with Crippen LogP contribution >= 0.6 is 11.6 Å². The quantitative estimate of drug-likeness (QED) is 0.474. The van der Waals surface area contributed by atoms with Crippen molar-refractivity contribution in [1.29, 1.82) is 0 Å². The number of carbonyl (C=O) groups excluding carboxylic acids is 1. The van der Waals surface area contributed by atoms with Crippen LogP contribution in [0.4, 0.5) is 4.79 Å². The summed E-state index contributed by atoms with van der Waals surface area (Å²) in [6, 6.07) is 5.11. The van der Waals surface area contributed by atoms with Crippen LogP contribution in [0.2, 0.25) is 5.02 Å². The fourth-order valence-electron chi connectivity index (χ4n) is 2.05. The van der Waals surface area contributed by atoms with E-state index in [9.17, 15) is 19.5 Å². The highest BCUT2D eigenvalue weighted by molar-refractivity contribution is 6.30. The number of aromatic amines is 1. The number of rotatable bonds is 4. The lowest BCUT2D eigenvalue weighted by Gasteiger charge is -2.12. The fourth-order valence-corrected chi connectivity index (χ4v) is 2.18. The molecule has 1 aromatic carbocycles. The second-order valence-electron chi connectivity index (χ2n) is 4.66. The molecule has 0 unspecified atom stereocenters. The molecule has 2 rings (SSSR count). The molecule has 5 N–H and O–H groups in total. The SMILES string of the molecule is CCC(=NNC(N)=O)c1c(O)n(-c2ccc(Cl)cc2)c(=O)[nH]c1=O. The van der Waals surface area contributed by atoms with Crippen LogP contribution in [0, 0.1) is 0 Å². The summed E-state index contributed by atoms with van der Waals surface area (Å²) in [5.41, 5.74) is 5.35. The summed E-state index contributed by atoms with van der Waals surface area (Å²) in [6.07, 6.45) is 0.190. The summed E-state index contributed by atoms with van der Waals surface area (Å²) in [5.74, 6) is -0.613. The number of carbonyl (C=O) groups is 1. The molecule has 0 radical (unpaired) electrons. The Morgan fingerprint density at radius 1 is 1.38 bits per heavy atom. The molecular weight excluding hydrogens is 338 g/mol. The van der Waals surface area contributed by atoms with Gasteiger partial charge in [0.25, 0.3) is 5.56 Å². The summed E-state index contributed by atoms with van der Waals surface area (Å²) >= 11 is 5.80. The van der Waals surface area contributed by atoms with Crippen molar-refractivity contribution in [3.8, 4) is 11.6 Å². The molecule has 1 aromatic heterocycles. The summed E-state index contributed by atoms with van der Waals surface area (Å²) in [5, 5.41) is 14.6. The van der Waals surface area contributed by atoms with Gasteiger partial charge in [-0.15, -0.1) is 0 Å². The van der Waals surface area contributed by atoms with Gasteiger partial charge in [0.05, 0.1) is 11.4 Å². The Morgan fingerprint density at radius 3 is 2.54 bits per heavy atom. The van der Waals surface area contributed by atoms with Gasteiger partial charge in [0.2, 0.25) is 5.88 Å². The van der Waals surface area contributed by atoms with Crippen LogP contribution < -0.4 is 22.4 Å². The lowest BCUT2D eigenvalue weighted by atomic mass is 10.1. The summed E-state index contributed by atoms with van der Waals surface area (Å²) < 4.78 is 0.891. The predicted molar refractivity (Wildman–Crippen MR) is 88.9 cm³/mol. The number of nitrogens with two attached hydrogens (primary N) is 1. The highest BCUT2D eigenvalue weighted by Gasteiger charge is 2.19. The molecule has 0 fully saturated rings. The maximum absolute atomic E-state index is 12.1. The van der Waals surface area contributed by atoms with E-state index in [1.807, 2.05) is 5.43 Å². The number of benzene rings is 1. The van der Waals surface area contributed by atoms with Gasteiger partial charge in [-0.25, -0.2) is 19.6 Å². The van der Waals surface area contributed by atoms with Crippen molar-refractivity contribution in [2.75, 3.05) is 0 Å². The van der Waals surface area contributed by atoms with E-state index in [0.29, 0.717) is 5.02 Å². The molecule has 0 spiro atoms. The van der Waals surface area contributed by atoms with E-state index in [1.165, 1.54) is 24.3 Å². The van der Waals surface area contributed by atoms with Crippen molar-refractivity contribution >= 4 is 23.3 Å². The lowest BCUT2D eigenvalue weighted by molar-refractivity contribution is 0.249. The van der Waals surface area contributed by atoms with Crippen LogP contribution in [0.15, 0.2) is 39.0 Å². The monoisotopic (exact) mass is 351 g/mol. The third kappa shape index (κ3) is 3.46. The van der Waals surface area contributed by atoms with Crippen molar-refractivity contribution in [2.45, 2.75) is 13.3 Å². The first-order valence-corrected chi connectivity index (χ1v) is 7.19. The second kappa shape index (κ2) is 7.01. The summed E-state index contributed by atoms with van der Waals surface area (Å²) in [4.78, 5) is 37.0. The molecule has 1 heterocycles. The van der Waals surface area contributed by atoms with E-state index in [0.717, 1.165) is 4.57 Å². The van der Waals surface area contributed by atoms with Gasteiger partial charge >= 0.3 is 11.7 Å². The Labute approximate surface area is 140 Å². The Hall–Kier alpha value is -3.07. The molecule has 0 saturated carbocycles. The molecule has 0 aliphatic rings. The Bertz CT molecular complexity index is 914. The second-order valence-corrected chi connectivity index (χ2v) is 5.09. The Kier molecular flexibility index (Phi) is 5.05. The highest BCUT2D eigenvalue weighted by Crippen LogP contribution is 2.19. The zero-order valence-electron chi connectivity index (χ0n) is 12.5. The normalized spacial score (nSPS) is 11.3. The molecule has 0 aliphatic carbocycles. The first kappa shape index (κ1) is 17.3. The Morgan fingerprint density at radius 2 is 2.00 bits per heavy atom. The summed E-state index contributed by atoms with van der Waals surface area (Å²) in [7, 11) is 0. The maximum atomic E-state index is 12.1. The van der Waals surface area contributed by atoms with E-state index in [-0.39, 0.29) is 23.4 Å². The van der Waals surface area contributed by atoms with Crippen LogP contribution in [0.1, 0.15) is 18.9 Å². The number of urea groups is 1. The van der Waals surface area contributed by atoms with E-state index < -0.39 is 23.2 Å². The van der Waals surface area contributed by atoms with Gasteiger partial charge in [0, 0.05) is 5.02 Å². The molecule has 2 amide bonds. The minimum absolute atomic E-state index is 0.0512. The van der Waals surface area contributed by atoms with E-state index in [4.69, 9.17) is 17.3 Å². The van der Waals surface area contributed by atoms with Gasteiger partial charge in [-0.2, -0.15) is 5.10 Å².